The third-order valence-electron chi connectivity index (χ3n) is 5.94. The van der Waals surface area contributed by atoms with Crippen molar-refractivity contribution in [3.63, 3.8) is 0 Å². The smallest absolute Gasteiger partial charge is 0.0968 e. The molecule has 3 aliphatic rings. The molecule has 6 rings (SSSR count). The maximum absolute atomic E-state index is 5.10. The lowest BCUT2D eigenvalue weighted by Gasteiger charge is -2.56. The van der Waals surface area contributed by atoms with E-state index in [1.54, 1.807) is 0 Å². The van der Waals surface area contributed by atoms with Crippen LogP contribution in [0.1, 0.15) is 37.4 Å². The largest absolute Gasteiger partial charge is 0.254 e. The van der Waals surface area contributed by atoms with Gasteiger partial charge in [0.15, 0.2) is 0 Å². The zero-order valence-electron chi connectivity index (χ0n) is 12.4. The summed E-state index contributed by atoms with van der Waals surface area (Å²) in [4.78, 5) is 9.67. The van der Waals surface area contributed by atoms with Gasteiger partial charge in [0.2, 0.25) is 0 Å². The van der Waals surface area contributed by atoms with Crippen molar-refractivity contribution in [3.8, 4) is 0 Å². The highest BCUT2D eigenvalue weighted by molar-refractivity contribution is 6.02. The number of aromatic nitrogens is 2. The van der Waals surface area contributed by atoms with Crippen LogP contribution in [-0.2, 0) is 6.42 Å². The molecule has 1 saturated carbocycles. The van der Waals surface area contributed by atoms with Crippen LogP contribution in [0.25, 0.3) is 21.8 Å². The van der Waals surface area contributed by atoms with Gasteiger partial charge in [0, 0.05) is 28.6 Å². The second-order valence-electron chi connectivity index (χ2n) is 7.26. The predicted octanol–water partition coefficient (Wildman–Crippen LogP) is 4.47. The lowest BCUT2D eigenvalue weighted by molar-refractivity contribution is 0.0158. The van der Waals surface area contributed by atoms with E-state index in [2.05, 4.69) is 43.1 Å². The average molecular weight is 274 g/mol. The van der Waals surface area contributed by atoms with E-state index in [-0.39, 0.29) is 0 Å². The lowest BCUT2D eigenvalue weighted by atomic mass is 9.48. The van der Waals surface area contributed by atoms with Crippen LogP contribution in [0.5, 0.6) is 0 Å². The number of pyridine rings is 2. The number of rotatable bonds is 0. The van der Waals surface area contributed by atoms with Gasteiger partial charge in [0.1, 0.15) is 0 Å². The molecule has 0 radical (unpaired) electrons. The Morgan fingerprint density at radius 2 is 1.95 bits per heavy atom. The number of benzene rings is 1. The summed E-state index contributed by atoms with van der Waals surface area (Å²) in [5, 5.41) is 2.41. The molecule has 0 amide bonds. The van der Waals surface area contributed by atoms with Crippen molar-refractivity contribution >= 4 is 21.8 Å². The van der Waals surface area contributed by atoms with Crippen molar-refractivity contribution in [1.82, 2.24) is 9.97 Å². The fourth-order valence-electron chi connectivity index (χ4n) is 4.39. The summed E-state index contributed by atoms with van der Waals surface area (Å²) in [5.41, 5.74) is 5.35. The van der Waals surface area contributed by atoms with Gasteiger partial charge >= 0.3 is 0 Å². The van der Waals surface area contributed by atoms with Gasteiger partial charge in [-0.3, -0.25) is 4.98 Å². The van der Waals surface area contributed by atoms with Crippen molar-refractivity contribution in [3.05, 3.63) is 47.8 Å². The third kappa shape index (κ3) is 1.38. The van der Waals surface area contributed by atoms with Gasteiger partial charge in [0.25, 0.3) is 0 Å². The first kappa shape index (κ1) is 11.7. The summed E-state index contributed by atoms with van der Waals surface area (Å²) in [6.45, 7) is 4.81. The minimum Gasteiger partial charge on any atom is -0.254 e. The molecule has 2 bridgehead atoms. The van der Waals surface area contributed by atoms with Crippen LogP contribution in [0.2, 0.25) is 0 Å². The summed E-state index contributed by atoms with van der Waals surface area (Å²) >= 11 is 0. The monoisotopic (exact) mass is 274 g/mol. The number of nitrogens with zero attached hydrogens (tertiary/aromatic N) is 2. The molecule has 0 saturated heterocycles. The molecule has 3 aliphatic carbocycles. The summed E-state index contributed by atoms with van der Waals surface area (Å²) < 4.78 is 0. The van der Waals surface area contributed by atoms with Gasteiger partial charge in [-0.2, -0.15) is 0 Å². The van der Waals surface area contributed by atoms with Crippen molar-refractivity contribution in [1.29, 1.82) is 0 Å². The Morgan fingerprint density at radius 3 is 2.81 bits per heavy atom. The van der Waals surface area contributed by atoms with E-state index < -0.39 is 0 Å². The fraction of sp³-hybridized carbons (Fsp3) is 0.368. The quantitative estimate of drug-likeness (QED) is 0.565. The first-order valence-electron chi connectivity index (χ1n) is 7.82. The van der Waals surface area contributed by atoms with E-state index in [9.17, 15) is 0 Å². The van der Waals surface area contributed by atoms with E-state index >= 15 is 0 Å². The fourth-order valence-corrected chi connectivity index (χ4v) is 4.39. The summed E-state index contributed by atoms with van der Waals surface area (Å²) in [6, 6.07) is 10.8. The molecule has 104 valence electrons. The maximum atomic E-state index is 5.10. The molecule has 0 spiro atoms. The van der Waals surface area contributed by atoms with Gasteiger partial charge in [-0.25, -0.2) is 4.98 Å². The molecule has 1 aromatic carbocycles. The Labute approximate surface area is 124 Å². The van der Waals surface area contributed by atoms with Crippen LogP contribution in [0, 0.1) is 11.3 Å². The van der Waals surface area contributed by atoms with Gasteiger partial charge in [-0.15, -0.1) is 0 Å². The van der Waals surface area contributed by atoms with Gasteiger partial charge in [-0.05, 0) is 41.9 Å². The summed E-state index contributed by atoms with van der Waals surface area (Å²) in [6.07, 6.45) is 4.38. The maximum Gasteiger partial charge on any atom is 0.0968 e. The number of fused-ring (bicyclic) bond motifs is 3. The zero-order valence-corrected chi connectivity index (χ0v) is 12.4. The average Bonchev–Trinajstić information content (AvgIpc) is 2.52. The highest BCUT2D eigenvalue weighted by Crippen LogP contribution is 2.61. The van der Waals surface area contributed by atoms with Crippen LogP contribution in [-0.4, -0.2) is 9.97 Å². The van der Waals surface area contributed by atoms with Crippen LogP contribution >= 0.6 is 0 Å². The van der Waals surface area contributed by atoms with Crippen molar-refractivity contribution in [2.24, 2.45) is 11.3 Å². The standard InChI is InChI=1S/C19H18N2/c1-19(2)14-9-13-8-12-6-5-11-4-3-7-20-17(11)18(12)21-16(13)15(19)10-14/h3-8,14-15H,9-10H2,1-2H3/t14-,15-/m1/s1. The second-order valence-corrected chi connectivity index (χ2v) is 7.26. The molecule has 2 heteroatoms. The molecule has 21 heavy (non-hydrogen) atoms. The highest BCUT2D eigenvalue weighted by Gasteiger charge is 2.53. The van der Waals surface area contributed by atoms with Gasteiger partial charge < -0.3 is 0 Å². The second kappa shape index (κ2) is 3.62. The minimum absolute atomic E-state index is 0.422. The van der Waals surface area contributed by atoms with E-state index in [0.717, 1.165) is 17.0 Å². The van der Waals surface area contributed by atoms with E-state index in [4.69, 9.17) is 4.98 Å². The van der Waals surface area contributed by atoms with E-state index in [0.29, 0.717) is 11.3 Å². The Kier molecular flexibility index (Phi) is 2.01. The van der Waals surface area contributed by atoms with Crippen molar-refractivity contribution in [2.75, 3.05) is 0 Å². The number of hydrogen-bond donors (Lipinski definition) is 0. The molecule has 1 fully saturated rings. The number of hydrogen-bond acceptors (Lipinski definition) is 2. The van der Waals surface area contributed by atoms with E-state index in [1.807, 2.05) is 12.3 Å². The third-order valence-corrected chi connectivity index (χ3v) is 5.94. The molecule has 0 N–H and O–H groups in total. The summed E-state index contributed by atoms with van der Waals surface area (Å²) in [5.74, 6) is 1.47. The first-order valence-corrected chi connectivity index (χ1v) is 7.82. The van der Waals surface area contributed by atoms with Crippen LogP contribution in [0.4, 0.5) is 0 Å². The van der Waals surface area contributed by atoms with Crippen molar-refractivity contribution < 1.29 is 0 Å². The molecule has 2 nitrogen and oxygen atoms in total. The molecule has 3 aromatic rings. The van der Waals surface area contributed by atoms with Gasteiger partial charge in [0.05, 0.1) is 11.0 Å². The molecule has 2 aromatic heterocycles. The van der Waals surface area contributed by atoms with Crippen molar-refractivity contribution in [2.45, 2.75) is 32.6 Å². The molecular formula is C19H18N2. The predicted molar refractivity (Wildman–Crippen MR) is 85.4 cm³/mol. The Hall–Kier alpha value is -1.96. The minimum atomic E-state index is 0.422. The molecule has 0 aliphatic heterocycles. The zero-order chi connectivity index (χ0) is 14.2. The Balaban J connectivity index is 1.85. The van der Waals surface area contributed by atoms with Crippen LogP contribution in [0.3, 0.4) is 0 Å². The SMILES string of the molecule is CC1(C)[C@@H]2Cc3cc4ccc5cccnc5c4nc3[C@H]1C2. The molecule has 2 atom stereocenters. The highest BCUT2D eigenvalue weighted by atomic mass is 14.8. The van der Waals surface area contributed by atoms with E-state index in [1.165, 1.54) is 34.9 Å². The lowest BCUT2D eigenvalue weighted by Crippen LogP contribution is -2.48. The summed E-state index contributed by atoms with van der Waals surface area (Å²) in [7, 11) is 0. The van der Waals surface area contributed by atoms with Crippen LogP contribution < -0.4 is 0 Å². The topological polar surface area (TPSA) is 25.8 Å². The Bertz CT molecular complexity index is 895. The Morgan fingerprint density at radius 1 is 1.10 bits per heavy atom. The molecular weight excluding hydrogens is 256 g/mol. The first-order chi connectivity index (χ1) is 10.1. The molecule has 0 unspecified atom stereocenters. The van der Waals surface area contributed by atoms with Crippen LogP contribution in [0.15, 0.2) is 36.5 Å². The molecule has 2 heterocycles. The normalized spacial score (nSPS) is 25.6. The van der Waals surface area contributed by atoms with Gasteiger partial charge in [-0.1, -0.05) is 32.0 Å².